The standard InChI is InChI=1S/C26H25N5O2/c1-2-33-25(32)23(19-13-15-27-16-14-19)17-20-18-28-26(30-22-11-7-4-8-12-22)31-24(20)29-21-9-5-3-6-10-21/h3-16,18,23H,2,17H2,1H3,(H2,28,29,30,31). The summed E-state index contributed by atoms with van der Waals surface area (Å²) in [6, 6.07) is 23.2. The molecule has 0 aliphatic carbocycles. The summed E-state index contributed by atoms with van der Waals surface area (Å²) in [5.41, 5.74) is 3.41. The molecular formula is C26H25N5O2. The Morgan fingerprint density at radius 3 is 2.18 bits per heavy atom. The van der Waals surface area contributed by atoms with Crippen molar-refractivity contribution >= 4 is 29.1 Å². The van der Waals surface area contributed by atoms with Gasteiger partial charge in [0.2, 0.25) is 5.95 Å². The molecule has 1 atom stereocenters. The summed E-state index contributed by atoms with van der Waals surface area (Å²) in [6.07, 6.45) is 5.47. The van der Waals surface area contributed by atoms with Crippen molar-refractivity contribution in [2.24, 2.45) is 0 Å². The van der Waals surface area contributed by atoms with Crippen LogP contribution < -0.4 is 10.6 Å². The maximum absolute atomic E-state index is 12.8. The van der Waals surface area contributed by atoms with Crippen molar-refractivity contribution in [3.63, 3.8) is 0 Å². The minimum atomic E-state index is -0.499. The van der Waals surface area contributed by atoms with Gasteiger partial charge >= 0.3 is 5.97 Å². The third-order valence-corrected chi connectivity index (χ3v) is 5.03. The van der Waals surface area contributed by atoms with Gasteiger partial charge in [0.05, 0.1) is 12.5 Å². The first-order valence-corrected chi connectivity index (χ1v) is 10.8. The predicted octanol–water partition coefficient (Wildman–Crippen LogP) is 5.25. The summed E-state index contributed by atoms with van der Waals surface area (Å²) >= 11 is 0. The quantitative estimate of drug-likeness (QED) is 0.344. The van der Waals surface area contributed by atoms with Gasteiger partial charge in [-0.3, -0.25) is 9.78 Å². The number of para-hydroxylation sites is 2. The molecule has 2 aromatic carbocycles. The second-order valence-corrected chi connectivity index (χ2v) is 7.34. The average molecular weight is 440 g/mol. The molecule has 0 fully saturated rings. The Balaban J connectivity index is 1.68. The van der Waals surface area contributed by atoms with E-state index in [-0.39, 0.29) is 5.97 Å². The molecule has 2 heterocycles. The fraction of sp³-hybridized carbons (Fsp3) is 0.154. The molecule has 4 aromatic rings. The topological polar surface area (TPSA) is 89.0 Å². The first-order chi connectivity index (χ1) is 16.2. The van der Waals surface area contributed by atoms with Crippen LogP contribution >= 0.6 is 0 Å². The summed E-state index contributed by atoms with van der Waals surface area (Å²) in [5, 5.41) is 6.59. The molecule has 0 aliphatic rings. The van der Waals surface area contributed by atoms with Crippen LogP contribution in [0.25, 0.3) is 0 Å². The number of esters is 1. The monoisotopic (exact) mass is 439 g/mol. The number of benzene rings is 2. The summed E-state index contributed by atoms with van der Waals surface area (Å²) in [6.45, 7) is 2.11. The molecule has 0 spiro atoms. The lowest BCUT2D eigenvalue weighted by Crippen LogP contribution is -2.19. The second kappa shape index (κ2) is 10.9. The SMILES string of the molecule is CCOC(=O)C(Cc1cnc(Nc2ccccc2)nc1Nc1ccccc1)c1ccncc1. The fourth-order valence-electron chi connectivity index (χ4n) is 3.43. The van der Waals surface area contributed by atoms with Crippen molar-refractivity contribution in [3.8, 4) is 0 Å². The van der Waals surface area contributed by atoms with Crippen LogP contribution in [-0.4, -0.2) is 27.5 Å². The summed E-state index contributed by atoms with van der Waals surface area (Å²) < 4.78 is 5.36. The molecule has 0 aliphatic heterocycles. The molecule has 7 heteroatoms. The summed E-state index contributed by atoms with van der Waals surface area (Å²) in [4.78, 5) is 26.1. The van der Waals surface area contributed by atoms with Crippen molar-refractivity contribution in [3.05, 3.63) is 103 Å². The van der Waals surface area contributed by atoms with E-state index in [4.69, 9.17) is 9.72 Å². The molecule has 0 radical (unpaired) electrons. The zero-order valence-electron chi connectivity index (χ0n) is 18.3. The third-order valence-electron chi connectivity index (χ3n) is 5.03. The molecule has 2 aromatic heterocycles. The lowest BCUT2D eigenvalue weighted by Gasteiger charge is -2.18. The van der Waals surface area contributed by atoms with Crippen LogP contribution in [0.4, 0.5) is 23.1 Å². The molecule has 0 saturated carbocycles. The molecule has 0 saturated heterocycles. The van der Waals surface area contributed by atoms with Gasteiger partial charge in [-0.1, -0.05) is 36.4 Å². The first-order valence-electron chi connectivity index (χ1n) is 10.8. The lowest BCUT2D eigenvalue weighted by atomic mass is 9.93. The van der Waals surface area contributed by atoms with Gasteiger partial charge in [-0.25, -0.2) is 4.98 Å². The average Bonchev–Trinajstić information content (AvgIpc) is 2.85. The number of carbonyl (C=O) groups excluding carboxylic acids is 1. The Labute approximate surface area is 192 Å². The highest BCUT2D eigenvalue weighted by Gasteiger charge is 2.24. The van der Waals surface area contributed by atoms with E-state index >= 15 is 0 Å². The highest BCUT2D eigenvalue weighted by atomic mass is 16.5. The molecule has 2 N–H and O–H groups in total. The van der Waals surface area contributed by atoms with Crippen molar-refractivity contribution in [2.75, 3.05) is 17.2 Å². The number of hydrogen-bond acceptors (Lipinski definition) is 7. The van der Waals surface area contributed by atoms with E-state index in [1.54, 1.807) is 25.5 Å². The summed E-state index contributed by atoms with van der Waals surface area (Å²) in [5.74, 6) is 0.291. The molecule has 33 heavy (non-hydrogen) atoms. The molecule has 166 valence electrons. The van der Waals surface area contributed by atoms with E-state index in [1.807, 2.05) is 72.8 Å². The van der Waals surface area contributed by atoms with Crippen LogP contribution in [-0.2, 0) is 16.0 Å². The Bertz CT molecular complexity index is 1170. The Kier molecular flexibility index (Phi) is 7.22. The largest absolute Gasteiger partial charge is 0.466 e. The van der Waals surface area contributed by atoms with E-state index in [0.717, 1.165) is 22.5 Å². The number of carbonyl (C=O) groups is 1. The molecular weight excluding hydrogens is 414 g/mol. The maximum Gasteiger partial charge on any atom is 0.313 e. The smallest absolute Gasteiger partial charge is 0.313 e. The van der Waals surface area contributed by atoms with Gasteiger partial charge in [0.25, 0.3) is 0 Å². The van der Waals surface area contributed by atoms with E-state index in [2.05, 4.69) is 20.6 Å². The van der Waals surface area contributed by atoms with Crippen LogP contribution in [0.1, 0.15) is 24.0 Å². The van der Waals surface area contributed by atoms with E-state index in [1.165, 1.54) is 0 Å². The third kappa shape index (κ3) is 5.92. The van der Waals surface area contributed by atoms with Crippen LogP contribution in [0.15, 0.2) is 91.4 Å². The molecule has 0 amide bonds. The molecule has 4 rings (SSSR count). The zero-order chi connectivity index (χ0) is 22.9. The number of aromatic nitrogens is 3. The van der Waals surface area contributed by atoms with E-state index < -0.39 is 5.92 Å². The van der Waals surface area contributed by atoms with Crippen LogP contribution in [0.2, 0.25) is 0 Å². The summed E-state index contributed by atoms with van der Waals surface area (Å²) in [7, 11) is 0. The van der Waals surface area contributed by atoms with Crippen molar-refractivity contribution < 1.29 is 9.53 Å². The van der Waals surface area contributed by atoms with Gasteiger partial charge < -0.3 is 15.4 Å². The van der Waals surface area contributed by atoms with Crippen molar-refractivity contribution in [1.29, 1.82) is 0 Å². The number of pyridine rings is 1. The Morgan fingerprint density at radius 1 is 0.909 bits per heavy atom. The normalized spacial score (nSPS) is 11.4. The Hall–Kier alpha value is -4.26. The van der Waals surface area contributed by atoms with Crippen LogP contribution in [0, 0.1) is 0 Å². The van der Waals surface area contributed by atoms with Gasteiger partial charge in [0, 0.05) is 35.5 Å². The number of rotatable bonds is 9. The van der Waals surface area contributed by atoms with Crippen molar-refractivity contribution in [2.45, 2.75) is 19.3 Å². The number of nitrogens with one attached hydrogen (secondary N) is 2. The minimum absolute atomic E-state index is 0.291. The second-order valence-electron chi connectivity index (χ2n) is 7.34. The minimum Gasteiger partial charge on any atom is -0.466 e. The highest BCUT2D eigenvalue weighted by molar-refractivity contribution is 5.79. The fourth-order valence-corrected chi connectivity index (χ4v) is 3.43. The lowest BCUT2D eigenvalue weighted by molar-refractivity contribution is -0.144. The van der Waals surface area contributed by atoms with Gasteiger partial charge in [0.15, 0.2) is 0 Å². The predicted molar refractivity (Wildman–Crippen MR) is 129 cm³/mol. The van der Waals surface area contributed by atoms with Gasteiger partial charge in [-0.05, 0) is 55.3 Å². The number of anilines is 4. The number of nitrogens with zero attached hydrogens (tertiary/aromatic N) is 3. The van der Waals surface area contributed by atoms with Crippen molar-refractivity contribution in [1.82, 2.24) is 15.0 Å². The van der Waals surface area contributed by atoms with Crippen LogP contribution in [0.5, 0.6) is 0 Å². The maximum atomic E-state index is 12.8. The number of ether oxygens (including phenoxy) is 1. The number of hydrogen-bond donors (Lipinski definition) is 2. The molecule has 7 nitrogen and oxygen atoms in total. The van der Waals surface area contributed by atoms with Gasteiger partial charge in [0.1, 0.15) is 5.82 Å². The first kappa shape index (κ1) is 22.0. The zero-order valence-corrected chi connectivity index (χ0v) is 18.3. The highest BCUT2D eigenvalue weighted by Crippen LogP contribution is 2.28. The Morgan fingerprint density at radius 2 is 1.55 bits per heavy atom. The molecule has 0 bridgehead atoms. The van der Waals surface area contributed by atoms with Gasteiger partial charge in [-0.15, -0.1) is 0 Å². The van der Waals surface area contributed by atoms with E-state index in [0.29, 0.717) is 24.8 Å². The van der Waals surface area contributed by atoms with E-state index in [9.17, 15) is 4.79 Å². The van der Waals surface area contributed by atoms with Gasteiger partial charge in [-0.2, -0.15) is 4.98 Å². The van der Waals surface area contributed by atoms with Crippen LogP contribution in [0.3, 0.4) is 0 Å². The molecule has 1 unspecified atom stereocenters.